The summed E-state index contributed by atoms with van der Waals surface area (Å²) >= 11 is 1.61. The van der Waals surface area contributed by atoms with Crippen molar-refractivity contribution in [1.82, 2.24) is 0 Å². The van der Waals surface area contributed by atoms with Gasteiger partial charge in [-0.2, -0.15) is 11.8 Å². The van der Waals surface area contributed by atoms with Crippen LogP contribution in [0.5, 0.6) is 0 Å². The highest BCUT2D eigenvalue weighted by atomic mass is 32.2. The van der Waals surface area contributed by atoms with E-state index in [1.165, 1.54) is 0 Å². The van der Waals surface area contributed by atoms with Gasteiger partial charge in [-0.1, -0.05) is 61.2 Å². The van der Waals surface area contributed by atoms with E-state index >= 15 is 0 Å². The van der Waals surface area contributed by atoms with Crippen LogP contribution in [0.25, 0.3) is 11.1 Å². The molecule has 0 radical (unpaired) electrons. The smallest absolute Gasteiger partial charge is 0.189 e. The van der Waals surface area contributed by atoms with Gasteiger partial charge in [0.1, 0.15) is 0 Å². The van der Waals surface area contributed by atoms with E-state index in [4.69, 9.17) is 0 Å². The molecular formula is C17H16OS. The zero-order valence-electron chi connectivity index (χ0n) is 10.9. The van der Waals surface area contributed by atoms with Crippen molar-refractivity contribution in [2.45, 2.75) is 0 Å². The number of ketones is 1. The Bertz CT molecular complexity index is 570. The number of hydrogen-bond acceptors (Lipinski definition) is 2. The molecule has 0 aromatic heterocycles. The second-order valence-corrected chi connectivity index (χ2v) is 5.18. The summed E-state index contributed by atoms with van der Waals surface area (Å²) in [4.78, 5) is 12.1. The molecule has 0 spiro atoms. The van der Waals surface area contributed by atoms with Gasteiger partial charge in [-0.25, -0.2) is 0 Å². The summed E-state index contributed by atoms with van der Waals surface area (Å²) in [5.74, 6) is 0.716. The van der Waals surface area contributed by atoms with Crippen LogP contribution in [0.2, 0.25) is 0 Å². The monoisotopic (exact) mass is 268 g/mol. The summed E-state index contributed by atoms with van der Waals surface area (Å²) in [5, 5.41) is 0. The Kier molecular flexibility index (Phi) is 4.58. The van der Waals surface area contributed by atoms with Gasteiger partial charge in [0.2, 0.25) is 0 Å². The summed E-state index contributed by atoms with van der Waals surface area (Å²) in [7, 11) is 0. The van der Waals surface area contributed by atoms with Gasteiger partial charge < -0.3 is 0 Å². The van der Waals surface area contributed by atoms with Gasteiger partial charge in [0, 0.05) is 16.9 Å². The molecule has 2 heteroatoms. The first-order valence-electron chi connectivity index (χ1n) is 6.09. The van der Waals surface area contributed by atoms with E-state index in [2.05, 4.69) is 18.7 Å². The Morgan fingerprint density at radius 2 is 1.58 bits per heavy atom. The number of carbonyl (C=O) groups is 1. The summed E-state index contributed by atoms with van der Waals surface area (Å²) in [6, 6.07) is 17.8. The Morgan fingerprint density at radius 3 is 2.16 bits per heavy atom. The first kappa shape index (κ1) is 13.6. The van der Waals surface area contributed by atoms with Crippen molar-refractivity contribution in [1.29, 1.82) is 0 Å². The van der Waals surface area contributed by atoms with Crippen molar-refractivity contribution < 1.29 is 4.79 Å². The number of benzene rings is 2. The third kappa shape index (κ3) is 3.36. The van der Waals surface area contributed by atoms with E-state index in [1.807, 2.05) is 48.7 Å². The lowest BCUT2D eigenvalue weighted by molar-refractivity contribution is 0.103. The highest BCUT2D eigenvalue weighted by Gasteiger charge is 2.09. The van der Waals surface area contributed by atoms with Crippen LogP contribution < -0.4 is 0 Å². The zero-order valence-corrected chi connectivity index (χ0v) is 11.7. The molecule has 2 aromatic rings. The lowest BCUT2D eigenvalue weighted by atomic mass is 10.0. The Hall–Kier alpha value is -1.80. The number of rotatable bonds is 5. The maximum absolute atomic E-state index is 12.1. The first-order valence-corrected chi connectivity index (χ1v) is 7.48. The number of hydrogen-bond donors (Lipinski definition) is 0. The molecule has 0 N–H and O–H groups in total. The van der Waals surface area contributed by atoms with E-state index in [-0.39, 0.29) is 5.78 Å². The Morgan fingerprint density at radius 1 is 1.00 bits per heavy atom. The van der Waals surface area contributed by atoms with Gasteiger partial charge >= 0.3 is 0 Å². The molecule has 96 valence electrons. The molecule has 0 saturated heterocycles. The molecule has 0 amide bonds. The SMILES string of the molecule is C=C(CSC)C(=O)c1ccc(-c2ccccc2)cc1. The van der Waals surface area contributed by atoms with E-state index in [9.17, 15) is 4.79 Å². The van der Waals surface area contributed by atoms with Crippen molar-refractivity contribution >= 4 is 17.5 Å². The molecule has 2 aromatic carbocycles. The van der Waals surface area contributed by atoms with Crippen LogP contribution in [0.3, 0.4) is 0 Å². The van der Waals surface area contributed by atoms with Crippen molar-refractivity contribution in [2.24, 2.45) is 0 Å². The van der Waals surface area contributed by atoms with Crippen LogP contribution >= 0.6 is 11.8 Å². The molecule has 0 aliphatic carbocycles. The third-order valence-electron chi connectivity index (χ3n) is 2.89. The second-order valence-electron chi connectivity index (χ2n) is 4.31. The van der Waals surface area contributed by atoms with E-state index in [0.717, 1.165) is 11.1 Å². The van der Waals surface area contributed by atoms with Gasteiger partial charge in [-0.15, -0.1) is 0 Å². The number of thioether (sulfide) groups is 1. The predicted octanol–water partition coefficient (Wildman–Crippen LogP) is 4.46. The molecular weight excluding hydrogens is 252 g/mol. The molecule has 0 atom stereocenters. The summed E-state index contributed by atoms with van der Waals surface area (Å²) in [6.07, 6.45) is 1.97. The molecule has 0 bridgehead atoms. The normalized spacial score (nSPS) is 10.2. The average Bonchev–Trinajstić information content (AvgIpc) is 2.48. The molecule has 0 aliphatic heterocycles. The minimum absolute atomic E-state index is 0.0361. The molecule has 0 aliphatic rings. The van der Waals surface area contributed by atoms with Gasteiger partial charge in [0.15, 0.2) is 5.78 Å². The second kappa shape index (κ2) is 6.39. The maximum Gasteiger partial charge on any atom is 0.189 e. The Balaban J connectivity index is 2.19. The van der Waals surface area contributed by atoms with E-state index < -0.39 is 0 Å². The standard InChI is InChI=1S/C17H16OS/c1-13(12-19-2)17(18)16-10-8-15(9-11-16)14-6-4-3-5-7-14/h3-11H,1,12H2,2H3. The van der Waals surface area contributed by atoms with Gasteiger partial charge in [0.25, 0.3) is 0 Å². The van der Waals surface area contributed by atoms with Gasteiger partial charge in [-0.3, -0.25) is 4.79 Å². The van der Waals surface area contributed by atoms with Crippen molar-refractivity contribution in [3.05, 3.63) is 72.3 Å². The topological polar surface area (TPSA) is 17.1 Å². The first-order chi connectivity index (χ1) is 9.22. The van der Waals surface area contributed by atoms with Gasteiger partial charge in [0.05, 0.1) is 0 Å². The molecule has 0 fully saturated rings. The van der Waals surface area contributed by atoms with Crippen LogP contribution in [0.15, 0.2) is 66.7 Å². The van der Waals surface area contributed by atoms with Crippen molar-refractivity contribution in [3.8, 4) is 11.1 Å². The highest BCUT2D eigenvalue weighted by molar-refractivity contribution is 7.98. The van der Waals surface area contributed by atoms with Gasteiger partial charge in [-0.05, 0) is 17.4 Å². The highest BCUT2D eigenvalue weighted by Crippen LogP contribution is 2.20. The van der Waals surface area contributed by atoms with Crippen LogP contribution in [0.4, 0.5) is 0 Å². The minimum atomic E-state index is 0.0361. The predicted molar refractivity (Wildman–Crippen MR) is 83.7 cm³/mol. The lowest BCUT2D eigenvalue weighted by Gasteiger charge is -2.05. The molecule has 0 unspecified atom stereocenters. The third-order valence-corrected chi connectivity index (χ3v) is 3.53. The maximum atomic E-state index is 12.1. The van der Waals surface area contributed by atoms with Crippen LogP contribution in [0.1, 0.15) is 10.4 Å². The van der Waals surface area contributed by atoms with Crippen LogP contribution in [-0.4, -0.2) is 17.8 Å². The fourth-order valence-electron chi connectivity index (χ4n) is 1.89. The number of carbonyl (C=O) groups excluding carboxylic acids is 1. The zero-order chi connectivity index (χ0) is 13.7. The summed E-state index contributed by atoms with van der Waals surface area (Å²) in [6.45, 7) is 3.83. The molecule has 0 saturated carbocycles. The number of Topliss-reactive ketones (excluding diaryl/α,β-unsaturated/α-hetero) is 1. The van der Waals surface area contributed by atoms with Crippen molar-refractivity contribution in [2.75, 3.05) is 12.0 Å². The fourth-order valence-corrected chi connectivity index (χ4v) is 2.37. The molecule has 19 heavy (non-hydrogen) atoms. The van der Waals surface area contributed by atoms with Crippen LogP contribution in [0, 0.1) is 0 Å². The molecule has 2 rings (SSSR count). The molecule has 0 heterocycles. The summed E-state index contributed by atoms with van der Waals surface area (Å²) in [5.41, 5.74) is 3.63. The van der Waals surface area contributed by atoms with E-state index in [0.29, 0.717) is 16.9 Å². The van der Waals surface area contributed by atoms with Crippen LogP contribution in [-0.2, 0) is 0 Å². The quantitative estimate of drug-likeness (QED) is 0.588. The molecule has 1 nitrogen and oxygen atoms in total. The van der Waals surface area contributed by atoms with Crippen molar-refractivity contribution in [3.63, 3.8) is 0 Å². The fraction of sp³-hybridized carbons (Fsp3) is 0.118. The average molecular weight is 268 g/mol. The van der Waals surface area contributed by atoms with E-state index in [1.54, 1.807) is 11.8 Å². The Labute approximate surface area is 118 Å². The largest absolute Gasteiger partial charge is 0.289 e. The summed E-state index contributed by atoms with van der Waals surface area (Å²) < 4.78 is 0. The minimum Gasteiger partial charge on any atom is -0.289 e. The lowest BCUT2D eigenvalue weighted by Crippen LogP contribution is -2.04.